The van der Waals surface area contributed by atoms with Crippen LogP contribution in [0, 0.1) is 0 Å². The van der Waals surface area contributed by atoms with Crippen molar-refractivity contribution in [2.45, 2.75) is 0 Å². The molecule has 2 aliphatic rings. The summed E-state index contributed by atoms with van der Waals surface area (Å²) in [5.41, 5.74) is 3.03. The Balaban J connectivity index is 0.00000205. The maximum absolute atomic E-state index is 10.6. The second kappa shape index (κ2) is 6.85. The normalized spacial score (nSPS) is 12.1. The number of nitrogens with zero attached hydrogens (tertiary/aromatic N) is 3. The van der Waals surface area contributed by atoms with E-state index in [2.05, 4.69) is 15.0 Å². The van der Waals surface area contributed by atoms with E-state index in [1.807, 2.05) is 18.2 Å². The summed E-state index contributed by atoms with van der Waals surface area (Å²) in [4.78, 5) is 11.9. The van der Waals surface area contributed by atoms with Crippen LogP contribution in [0.4, 0.5) is 0 Å². The van der Waals surface area contributed by atoms with Crippen LogP contribution >= 0.6 is 0 Å². The first-order chi connectivity index (χ1) is 13.5. The van der Waals surface area contributed by atoms with Crippen molar-refractivity contribution in [3.63, 3.8) is 0 Å². The van der Waals surface area contributed by atoms with E-state index in [1.165, 1.54) is 6.07 Å². The molecule has 1 radical (unpaired) electrons. The fourth-order valence-corrected chi connectivity index (χ4v) is 3.22. The molecule has 29 heavy (non-hydrogen) atoms. The van der Waals surface area contributed by atoms with E-state index in [-0.39, 0.29) is 39.1 Å². The molecule has 0 aromatic carbocycles. The molecule has 2 aliphatic heterocycles. The third-order valence-corrected chi connectivity index (χ3v) is 4.57. The van der Waals surface area contributed by atoms with Crippen LogP contribution in [0.25, 0.3) is 46.4 Å². The Labute approximate surface area is 179 Å². The molecule has 3 aromatic heterocycles. The zero-order chi connectivity index (χ0) is 19.4. The summed E-state index contributed by atoms with van der Waals surface area (Å²) in [5, 5.41) is 41.5. The topological polar surface area (TPSA) is 127 Å². The van der Waals surface area contributed by atoms with Gasteiger partial charge in [-0.25, -0.2) is 9.97 Å². The average molecular weight is 571 g/mol. The second-order valence-corrected chi connectivity index (χ2v) is 6.44. The summed E-state index contributed by atoms with van der Waals surface area (Å²) in [5.74, 6) is -1.71. The molecule has 0 saturated heterocycles. The Morgan fingerprint density at radius 1 is 0.724 bits per heavy atom. The molecule has 3 aromatic rings. The summed E-state index contributed by atoms with van der Waals surface area (Å²) < 4.78 is 0.512. The molecule has 0 atom stereocenters. The molecule has 0 amide bonds. The number of aromatic amines is 1. The van der Waals surface area contributed by atoms with Gasteiger partial charge in [0.25, 0.3) is 0 Å². The standard InChI is InChI=1S/C20H14N4O4.Au/c25-18-15-6-5-13(23-15)8-12-2-1-10(21-12)7-11-3-4-14(22-11)9-16-19(26)20(27)17(18)24(16)28;/h1-9,21,25-28H;. The Hall–Kier alpha value is -3.46. The van der Waals surface area contributed by atoms with Crippen LogP contribution in [0.15, 0.2) is 30.3 Å². The molecule has 5 N–H and O–H groups in total. The van der Waals surface area contributed by atoms with Crippen molar-refractivity contribution in [2.75, 3.05) is 0 Å². The molecule has 0 unspecified atom stereocenters. The first-order valence-electron chi connectivity index (χ1n) is 8.43. The minimum atomic E-state index is -0.656. The van der Waals surface area contributed by atoms with Crippen molar-refractivity contribution < 1.29 is 42.9 Å². The van der Waals surface area contributed by atoms with Gasteiger partial charge in [-0.1, -0.05) is 0 Å². The van der Waals surface area contributed by atoms with E-state index in [1.54, 1.807) is 30.4 Å². The summed E-state index contributed by atoms with van der Waals surface area (Å²) in [7, 11) is 0. The van der Waals surface area contributed by atoms with Gasteiger partial charge in [-0.15, -0.1) is 0 Å². The molecule has 149 valence electrons. The van der Waals surface area contributed by atoms with Gasteiger partial charge in [-0.05, 0) is 54.6 Å². The fourth-order valence-electron chi connectivity index (χ4n) is 3.22. The van der Waals surface area contributed by atoms with Crippen molar-refractivity contribution in [2.24, 2.45) is 0 Å². The van der Waals surface area contributed by atoms with E-state index in [0.29, 0.717) is 21.8 Å². The van der Waals surface area contributed by atoms with Gasteiger partial charge in [0.15, 0.2) is 22.8 Å². The van der Waals surface area contributed by atoms with Crippen molar-refractivity contribution in [3.8, 4) is 17.2 Å². The van der Waals surface area contributed by atoms with Crippen LogP contribution in [0.1, 0.15) is 22.8 Å². The van der Waals surface area contributed by atoms with Gasteiger partial charge in [-0.3, -0.25) is 0 Å². The van der Waals surface area contributed by atoms with Crippen LogP contribution in [0.2, 0.25) is 0 Å². The van der Waals surface area contributed by atoms with Crippen LogP contribution in [0.5, 0.6) is 17.2 Å². The molecule has 8 bridgehead atoms. The monoisotopic (exact) mass is 571 g/mol. The molecule has 0 spiro atoms. The van der Waals surface area contributed by atoms with E-state index in [0.717, 1.165) is 11.0 Å². The van der Waals surface area contributed by atoms with E-state index in [9.17, 15) is 20.5 Å². The van der Waals surface area contributed by atoms with Crippen LogP contribution in [-0.2, 0) is 22.4 Å². The third kappa shape index (κ3) is 3.09. The number of aromatic hydroxyl groups is 3. The maximum atomic E-state index is 10.6. The van der Waals surface area contributed by atoms with E-state index < -0.39 is 17.2 Å². The van der Waals surface area contributed by atoms with Crippen molar-refractivity contribution in [1.29, 1.82) is 0 Å². The van der Waals surface area contributed by atoms with Gasteiger partial charge in [0, 0.05) is 33.4 Å². The number of H-pyrrole nitrogens is 1. The number of aromatic nitrogens is 4. The Morgan fingerprint density at radius 2 is 1.31 bits per heavy atom. The second-order valence-electron chi connectivity index (χ2n) is 6.44. The van der Waals surface area contributed by atoms with Gasteiger partial charge in [0.05, 0.1) is 17.1 Å². The molecule has 5 rings (SSSR count). The van der Waals surface area contributed by atoms with Crippen LogP contribution in [0.3, 0.4) is 0 Å². The molecular weight excluding hydrogens is 557 g/mol. The Bertz CT molecular complexity index is 1370. The molecule has 5 heterocycles. The fraction of sp³-hybridized carbons (Fsp3) is 0. The minimum absolute atomic E-state index is 0. The minimum Gasteiger partial charge on any atom is -0.504 e. The van der Waals surface area contributed by atoms with Crippen LogP contribution in [-0.4, -0.2) is 40.2 Å². The van der Waals surface area contributed by atoms with Gasteiger partial charge in [0.2, 0.25) is 0 Å². The first kappa shape index (κ1) is 18.9. The number of hydrogen-bond donors (Lipinski definition) is 5. The van der Waals surface area contributed by atoms with Crippen molar-refractivity contribution >= 4 is 46.4 Å². The summed E-state index contributed by atoms with van der Waals surface area (Å²) in [6.45, 7) is 0. The predicted octanol–water partition coefficient (Wildman–Crippen LogP) is 3.48. The van der Waals surface area contributed by atoms with Gasteiger partial charge >= 0.3 is 0 Å². The summed E-state index contributed by atoms with van der Waals surface area (Å²) in [6.07, 6.45) is 6.72. The Kier molecular flexibility index (Phi) is 4.46. The predicted molar refractivity (Wildman–Crippen MR) is 105 cm³/mol. The number of hydrogen-bond acceptors (Lipinski definition) is 6. The molecule has 0 fully saturated rings. The number of nitrogens with one attached hydrogen (secondary N) is 1. The summed E-state index contributed by atoms with van der Waals surface area (Å²) >= 11 is 0. The van der Waals surface area contributed by atoms with Crippen molar-refractivity contribution in [1.82, 2.24) is 19.7 Å². The maximum Gasteiger partial charge on any atom is 0.191 e. The largest absolute Gasteiger partial charge is 0.504 e. The number of fused-ring (bicyclic) bond motifs is 8. The quantitative estimate of drug-likeness (QED) is 0.143. The van der Waals surface area contributed by atoms with E-state index in [4.69, 9.17) is 0 Å². The van der Waals surface area contributed by atoms with Gasteiger partial charge < -0.3 is 25.5 Å². The third-order valence-electron chi connectivity index (χ3n) is 4.57. The zero-order valence-electron chi connectivity index (χ0n) is 14.6. The van der Waals surface area contributed by atoms with Crippen molar-refractivity contribution in [3.05, 3.63) is 53.1 Å². The molecule has 8 nitrogen and oxygen atoms in total. The zero-order valence-corrected chi connectivity index (χ0v) is 16.8. The number of rotatable bonds is 0. The molecule has 0 saturated carbocycles. The molecule has 9 heteroatoms. The van der Waals surface area contributed by atoms with E-state index >= 15 is 0 Å². The average Bonchev–Trinajstić information content (AvgIpc) is 3.43. The summed E-state index contributed by atoms with van der Waals surface area (Å²) in [6, 6.07) is 8.84. The smallest absolute Gasteiger partial charge is 0.191 e. The van der Waals surface area contributed by atoms with Gasteiger partial charge in [-0.2, -0.15) is 4.73 Å². The molecule has 0 aliphatic carbocycles. The van der Waals surface area contributed by atoms with Gasteiger partial charge in [0.1, 0.15) is 11.2 Å². The van der Waals surface area contributed by atoms with Crippen LogP contribution < -0.4 is 0 Å². The SMILES string of the molecule is Oc1c(O)c2c(O)c3nc(cc4ccc(cc5nc(cc1n2O)C=C5)[nH]4)C=C3.[Au]. The Morgan fingerprint density at radius 3 is 2.00 bits per heavy atom. The molecular formula is C20H14AuN4O4. The first-order valence-corrected chi connectivity index (χ1v) is 8.43.